The number of rotatable bonds is 1. The van der Waals surface area contributed by atoms with Crippen LogP contribution in [-0.4, -0.2) is 4.98 Å². The van der Waals surface area contributed by atoms with E-state index in [4.69, 9.17) is 0 Å². The third kappa shape index (κ3) is 3.73. The molecule has 1 atom stereocenters. The van der Waals surface area contributed by atoms with Crippen LogP contribution >= 0.6 is 0 Å². The lowest BCUT2D eigenvalue weighted by molar-refractivity contribution is 0.176. The van der Waals surface area contributed by atoms with Gasteiger partial charge >= 0.3 is 0 Å². The quantitative estimate of drug-likeness (QED) is 0.537. The number of para-hydroxylation sites is 1. The van der Waals surface area contributed by atoms with Crippen molar-refractivity contribution >= 4 is 10.9 Å². The maximum Gasteiger partial charge on any atom is 0.0459 e. The van der Waals surface area contributed by atoms with Crippen LogP contribution in [0.5, 0.6) is 0 Å². The maximum atomic E-state index is 3.87. The molecule has 1 heteroatoms. The molecule has 0 spiro atoms. The predicted octanol–water partition coefficient (Wildman–Crippen LogP) is 7.90. The smallest absolute Gasteiger partial charge is 0.0459 e. The minimum Gasteiger partial charge on any atom is -0.358 e. The molecule has 0 bridgehead atoms. The van der Waals surface area contributed by atoms with E-state index < -0.39 is 0 Å². The number of benzene rings is 1. The summed E-state index contributed by atoms with van der Waals surface area (Å²) in [6, 6.07) is 8.99. The van der Waals surface area contributed by atoms with Crippen LogP contribution in [0.3, 0.4) is 0 Å². The Balaban J connectivity index is 1.61. The maximum absolute atomic E-state index is 3.87. The van der Waals surface area contributed by atoms with Crippen molar-refractivity contribution in [2.24, 2.45) is 5.41 Å². The topological polar surface area (TPSA) is 15.8 Å². The molecule has 4 rings (SSSR count). The predicted molar refractivity (Wildman–Crippen MR) is 113 cm³/mol. The van der Waals surface area contributed by atoms with E-state index in [-0.39, 0.29) is 0 Å². The lowest BCUT2D eigenvalue weighted by atomic mass is 9.64. The summed E-state index contributed by atoms with van der Waals surface area (Å²) in [6.07, 6.45) is 19.9. The van der Waals surface area contributed by atoms with E-state index in [1.54, 1.807) is 11.3 Å². The fraction of sp³-hybridized carbons (Fsp3) is 0.680. The number of nitrogens with one attached hydrogen (secondary N) is 1. The van der Waals surface area contributed by atoms with E-state index in [1.807, 2.05) is 0 Å². The van der Waals surface area contributed by atoms with Gasteiger partial charge in [0.15, 0.2) is 0 Å². The highest BCUT2D eigenvalue weighted by Gasteiger charge is 2.38. The first-order chi connectivity index (χ1) is 12.8. The molecule has 1 heterocycles. The minimum atomic E-state index is 0.481. The van der Waals surface area contributed by atoms with Crippen LogP contribution in [-0.2, 0) is 6.42 Å². The van der Waals surface area contributed by atoms with Crippen molar-refractivity contribution in [1.82, 2.24) is 4.98 Å². The molecule has 2 aliphatic rings. The Hall–Kier alpha value is -1.24. The highest BCUT2D eigenvalue weighted by atomic mass is 14.7. The van der Waals surface area contributed by atoms with Gasteiger partial charge in [-0.25, -0.2) is 0 Å². The molecular formula is C25H37N. The Kier molecular flexibility index (Phi) is 5.72. The summed E-state index contributed by atoms with van der Waals surface area (Å²) in [7, 11) is 0. The van der Waals surface area contributed by atoms with Gasteiger partial charge in [-0.1, -0.05) is 82.9 Å². The first-order valence-electron chi connectivity index (χ1n) is 11.4. The zero-order chi connectivity index (χ0) is 17.8. The summed E-state index contributed by atoms with van der Waals surface area (Å²) >= 11 is 0. The van der Waals surface area contributed by atoms with Crippen LogP contribution in [0, 0.1) is 5.41 Å². The van der Waals surface area contributed by atoms with Crippen molar-refractivity contribution in [2.45, 2.75) is 103 Å². The number of hydrogen-bond acceptors (Lipinski definition) is 0. The summed E-state index contributed by atoms with van der Waals surface area (Å²) < 4.78 is 0. The number of hydrogen-bond donors (Lipinski definition) is 1. The number of aryl methyl sites for hydroxylation is 1. The van der Waals surface area contributed by atoms with Gasteiger partial charge in [0.05, 0.1) is 0 Å². The van der Waals surface area contributed by atoms with Crippen LogP contribution in [0.1, 0.15) is 108 Å². The molecular weight excluding hydrogens is 314 g/mol. The van der Waals surface area contributed by atoms with E-state index in [9.17, 15) is 0 Å². The highest BCUT2D eigenvalue weighted by Crippen LogP contribution is 2.50. The van der Waals surface area contributed by atoms with Crippen molar-refractivity contribution < 1.29 is 0 Å². The lowest BCUT2D eigenvalue weighted by Crippen LogP contribution is -2.29. The van der Waals surface area contributed by atoms with Crippen molar-refractivity contribution in [3.05, 3.63) is 35.5 Å². The molecule has 1 N–H and O–H groups in total. The van der Waals surface area contributed by atoms with Gasteiger partial charge in [0, 0.05) is 22.5 Å². The number of fused-ring (bicyclic) bond motifs is 3. The summed E-state index contributed by atoms with van der Waals surface area (Å²) in [5.74, 6) is 0.738. The summed E-state index contributed by atoms with van der Waals surface area (Å²) in [4.78, 5) is 3.87. The molecule has 1 aromatic carbocycles. The molecule has 0 saturated heterocycles. The zero-order valence-corrected chi connectivity index (χ0v) is 16.8. The second-order valence-electron chi connectivity index (χ2n) is 9.34. The fourth-order valence-electron chi connectivity index (χ4n) is 5.88. The van der Waals surface area contributed by atoms with E-state index >= 15 is 0 Å². The Labute approximate surface area is 160 Å². The highest BCUT2D eigenvalue weighted by molar-refractivity contribution is 5.85. The van der Waals surface area contributed by atoms with Crippen LogP contribution < -0.4 is 0 Å². The molecule has 2 aliphatic carbocycles. The monoisotopic (exact) mass is 351 g/mol. The second kappa shape index (κ2) is 8.19. The summed E-state index contributed by atoms with van der Waals surface area (Å²) in [6.45, 7) is 2.63. The average Bonchev–Trinajstić information content (AvgIpc) is 3.03. The third-order valence-electron chi connectivity index (χ3n) is 7.45. The van der Waals surface area contributed by atoms with Crippen LogP contribution in [0.25, 0.3) is 10.9 Å². The molecule has 0 aliphatic heterocycles. The Morgan fingerprint density at radius 2 is 1.42 bits per heavy atom. The van der Waals surface area contributed by atoms with E-state index in [0.717, 1.165) is 5.92 Å². The SMILES string of the molecule is CC1(C2CCCc3c2[nH]c2ccccc32)CCCCCCCCCCC1. The van der Waals surface area contributed by atoms with Gasteiger partial charge in [-0.3, -0.25) is 0 Å². The molecule has 0 radical (unpaired) electrons. The van der Waals surface area contributed by atoms with E-state index in [2.05, 4.69) is 36.2 Å². The van der Waals surface area contributed by atoms with Crippen LogP contribution in [0.4, 0.5) is 0 Å². The lowest BCUT2D eigenvalue weighted by Gasteiger charge is -2.41. The van der Waals surface area contributed by atoms with Crippen molar-refractivity contribution in [1.29, 1.82) is 0 Å². The number of H-pyrrole nitrogens is 1. The first kappa shape index (κ1) is 18.1. The summed E-state index contributed by atoms with van der Waals surface area (Å²) in [5.41, 5.74) is 5.09. The zero-order valence-electron chi connectivity index (χ0n) is 16.8. The molecule has 1 fully saturated rings. The van der Waals surface area contributed by atoms with Gasteiger partial charge in [0.25, 0.3) is 0 Å². The molecule has 2 aromatic rings. The molecule has 26 heavy (non-hydrogen) atoms. The van der Waals surface area contributed by atoms with E-state index in [0.29, 0.717) is 5.41 Å². The molecule has 1 saturated carbocycles. The van der Waals surface area contributed by atoms with Gasteiger partial charge < -0.3 is 4.98 Å². The Bertz CT molecular complexity index is 698. The third-order valence-corrected chi connectivity index (χ3v) is 7.45. The van der Waals surface area contributed by atoms with Gasteiger partial charge in [0.1, 0.15) is 0 Å². The molecule has 1 aromatic heterocycles. The van der Waals surface area contributed by atoms with Crippen LogP contribution in [0.15, 0.2) is 24.3 Å². The second-order valence-corrected chi connectivity index (χ2v) is 9.34. The van der Waals surface area contributed by atoms with Gasteiger partial charge in [-0.15, -0.1) is 0 Å². The first-order valence-corrected chi connectivity index (χ1v) is 11.4. The number of aromatic amines is 1. The molecule has 142 valence electrons. The number of aromatic nitrogens is 1. The van der Waals surface area contributed by atoms with Gasteiger partial charge in [0.2, 0.25) is 0 Å². The molecule has 0 amide bonds. The van der Waals surface area contributed by atoms with Crippen LogP contribution in [0.2, 0.25) is 0 Å². The average molecular weight is 352 g/mol. The fourth-order valence-corrected chi connectivity index (χ4v) is 5.88. The van der Waals surface area contributed by atoms with Gasteiger partial charge in [-0.2, -0.15) is 0 Å². The largest absolute Gasteiger partial charge is 0.358 e. The van der Waals surface area contributed by atoms with E-state index in [1.165, 1.54) is 101 Å². The molecule has 1 unspecified atom stereocenters. The van der Waals surface area contributed by atoms with Gasteiger partial charge in [-0.05, 0) is 49.1 Å². The molecule has 1 nitrogen and oxygen atoms in total. The Morgan fingerprint density at radius 3 is 2.12 bits per heavy atom. The Morgan fingerprint density at radius 1 is 0.808 bits per heavy atom. The van der Waals surface area contributed by atoms with Crippen molar-refractivity contribution in [3.8, 4) is 0 Å². The minimum absolute atomic E-state index is 0.481. The normalized spacial score (nSPS) is 25.2. The standard InChI is InChI=1S/C25H37N/c1-25(18-11-7-5-3-2-4-6-8-12-19-25)22-16-13-15-21-20-14-9-10-17-23(20)26-24(21)22/h9-10,14,17,22,26H,2-8,11-13,15-16,18-19H2,1H3. The summed E-state index contributed by atoms with van der Waals surface area (Å²) in [5, 5.41) is 1.49. The van der Waals surface area contributed by atoms with Crippen molar-refractivity contribution in [3.63, 3.8) is 0 Å². The van der Waals surface area contributed by atoms with Crippen molar-refractivity contribution in [2.75, 3.05) is 0 Å².